The van der Waals surface area contributed by atoms with Gasteiger partial charge in [0.05, 0.1) is 12.6 Å². The average molecular weight is 384 g/mol. The Morgan fingerprint density at radius 3 is 2.57 bits per heavy atom. The molecule has 1 aromatic heterocycles. The SMILES string of the molecule is CC(C)(C)OC(=O)N1CC[C@H](c2ccc(OCc3ccccc3)nc2)[C@@H](O)C1. The highest BCUT2D eigenvalue weighted by molar-refractivity contribution is 5.68. The van der Waals surface area contributed by atoms with E-state index in [-0.39, 0.29) is 18.6 Å². The summed E-state index contributed by atoms with van der Waals surface area (Å²) in [6.07, 6.45) is 1.37. The van der Waals surface area contributed by atoms with Crippen LogP contribution in [0.2, 0.25) is 0 Å². The van der Waals surface area contributed by atoms with Crippen LogP contribution in [0.15, 0.2) is 48.7 Å². The lowest BCUT2D eigenvalue weighted by molar-refractivity contribution is -0.00155. The Balaban J connectivity index is 1.55. The monoisotopic (exact) mass is 384 g/mol. The first kappa shape index (κ1) is 20.1. The van der Waals surface area contributed by atoms with Crippen molar-refractivity contribution >= 4 is 6.09 Å². The first-order valence-electron chi connectivity index (χ1n) is 9.60. The molecule has 2 heterocycles. The molecule has 1 fully saturated rings. The molecule has 1 aromatic carbocycles. The third-order valence-electron chi connectivity index (χ3n) is 4.65. The van der Waals surface area contributed by atoms with Gasteiger partial charge in [-0.15, -0.1) is 0 Å². The largest absolute Gasteiger partial charge is 0.473 e. The van der Waals surface area contributed by atoms with Crippen molar-refractivity contribution < 1.29 is 19.4 Å². The third-order valence-corrected chi connectivity index (χ3v) is 4.65. The van der Waals surface area contributed by atoms with Gasteiger partial charge in [0.2, 0.25) is 5.88 Å². The van der Waals surface area contributed by atoms with E-state index in [0.717, 1.165) is 11.1 Å². The van der Waals surface area contributed by atoms with Crippen molar-refractivity contribution in [3.8, 4) is 5.88 Å². The quantitative estimate of drug-likeness (QED) is 0.869. The molecule has 1 aliphatic rings. The lowest BCUT2D eigenvalue weighted by Crippen LogP contribution is -2.47. The Labute approximate surface area is 166 Å². The summed E-state index contributed by atoms with van der Waals surface area (Å²) in [5.74, 6) is 0.489. The number of aliphatic hydroxyl groups excluding tert-OH is 1. The zero-order chi connectivity index (χ0) is 20.1. The number of ether oxygens (including phenoxy) is 2. The van der Waals surface area contributed by atoms with Gasteiger partial charge in [0.1, 0.15) is 12.2 Å². The topological polar surface area (TPSA) is 71.9 Å². The smallest absolute Gasteiger partial charge is 0.410 e. The first-order chi connectivity index (χ1) is 13.3. The summed E-state index contributed by atoms with van der Waals surface area (Å²) in [5.41, 5.74) is 1.49. The maximum atomic E-state index is 12.2. The molecule has 3 rings (SSSR count). The molecule has 1 amide bonds. The second kappa shape index (κ2) is 8.61. The van der Waals surface area contributed by atoms with Gasteiger partial charge < -0.3 is 19.5 Å². The predicted octanol–water partition coefficient (Wildman–Crippen LogP) is 3.75. The highest BCUT2D eigenvalue weighted by Gasteiger charge is 2.33. The third kappa shape index (κ3) is 5.45. The van der Waals surface area contributed by atoms with Crippen LogP contribution < -0.4 is 4.74 Å². The fourth-order valence-corrected chi connectivity index (χ4v) is 3.24. The Morgan fingerprint density at radius 1 is 1.21 bits per heavy atom. The average Bonchev–Trinajstić information content (AvgIpc) is 2.66. The van der Waals surface area contributed by atoms with Gasteiger partial charge in [0.25, 0.3) is 0 Å². The molecule has 1 aliphatic heterocycles. The minimum Gasteiger partial charge on any atom is -0.473 e. The predicted molar refractivity (Wildman–Crippen MR) is 106 cm³/mol. The molecule has 0 unspecified atom stereocenters. The van der Waals surface area contributed by atoms with Crippen molar-refractivity contribution in [1.82, 2.24) is 9.88 Å². The lowest BCUT2D eigenvalue weighted by atomic mass is 9.88. The van der Waals surface area contributed by atoms with Gasteiger partial charge >= 0.3 is 6.09 Å². The molecule has 0 radical (unpaired) electrons. The number of β-amino-alcohol motifs (C(OH)–C–C–N with tert-alkyl or cyclic N) is 1. The van der Waals surface area contributed by atoms with Crippen LogP contribution in [0.25, 0.3) is 0 Å². The molecular weight excluding hydrogens is 356 g/mol. The summed E-state index contributed by atoms with van der Waals surface area (Å²) in [5, 5.41) is 10.6. The number of likely N-dealkylation sites (tertiary alicyclic amines) is 1. The molecule has 0 aliphatic carbocycles. The van der Waals surface area contributed by atoms with Crippen LogP contribution in [0, 0.1) is 0 Å². The molecule has 6 heteroatoms. The molecule has 2 aromatic rings. The van der Waals surface area contributed by atoms with Crippen LogP contribution in [0.5, 0.6) is 5.88 Å². The number of benzene rings is 1. The van der Waals surface area contributed by atoms with Crippen molar-refractivity contribution in [1.29, 1.82) is 0 Å². The van der Waals surface area contributed by atoms with Crippen molar-refractivity contribution in [2.24, 2.45) is 0 Å². The molecule has 2 atom stereocenters. The summed E-state index contributed by atoms with van der Waals surface area (Å²) in [6.45, 7) is 6.77. The maximum absolute atomic E-state index is 12.2. The minimum atomic E-state index is -0.654. The minimum absolute atomic E-state index is 0.0608. The zero-order valence-corrected chi connectivity index (χ0v) is 16.7. The Kier molecular flexibility index (Phi) is 6.19. The summed E-state index contributed by atoms with van der Waals surface area (Å²) < 4.78 is 11.1. The second-order valence-corrected chi connectivity index (χ2v) is 8.09. The van der Waals surface area contributed by atoms with Gasteiger partial charge in [0.15, 0.2) is 0 Å². The van der Waals surface area contributed by atoms with E-state index in [1.807, 2.05) is 63.2 Å². The van der Waals surface area contributed by atoms with E-state index in [1.54, 1.807) is 11.1 Å². The number of aliphatic hydroxyl groups is 1. The van der Waals surface area contributed by atoms with Gasteiger partial charge in [0, 0.05) is 24.7 Å². The van der Waals surface area contributed by atoms with Crippen molar-refractivity contribution in [2.75, 3.05) is 13.1 Å². The number of carbonyl (C=O) groups is 1. The standard InChI is InChI=1S/C22H28N2O4/c1-22(2,3)28-21(26)24-12-11-18(19(25)14-24)17-9-10-20(23-13-17)27-15-16-7-5-4-6-8-16/h4-10,13,18-19,25H,11-12,14-15H2,1-3H3/t18-,19+/m1/s1. The van der Waals surface area contributed by atoms with Crippen LogP contribution in [0.3, 0.4) is 0 Å². The number of hydrogen-bond acceptors (Lipinski definition) is 5. The Hall–Kier alpha value is -2.60. The Morgan fingerprint density at radius 2 is 1.96 bits per heavy atom. The van der Waals surface area contributed by atoms with E-state index in [4.69, 9.17) is 9.47 Å². The highest BCUT2D eigenvalue weighted by Crippen LogP contribution is 2.29. The van der Waals surface area contributed by atoms with E-state index in [9.17, 15) is 9.90 Å². The molecule has 0 saturated carbocycles. The maximum Gasteiger partial charge on any atom is 0.410 e. The van der Waals surface area contributed by atoms with E-state index < -0.39 is 11.7 Å². The Bertz CT molecular complexity index is 771. The number of aromatic nitrogens is 1. The zero-order valence-electron chi connectivity index (χ0n) is 16.7. The summed E-state index contributed by atoms with van der Waals surface area (Å²) in [6, 6.07) is 13.7. The first-order valence-corrected chi connectivity index (χ1v) is 9.60. The van der Waals surface area contributed by atoms with Gasteiger partial charge in [-0.2, -0.15) is 0 Å². The summed E-state index contributed by atoms with van der Waals surface area (Å²) in [4.78, 5) is 18.1. The molecule has 1 saturated heterocycles. The fraction of sp³-hybridized carbons (Fsp3) is 0.455. The van der Waals surface area contributed by atoms with Crippen molar-refractivity contribution in [3.05, 3.63) is 59.8 Å². The van der Waals surface area contributed by atoms with E-state index in [2.05, 4.69) is 4.98 Å². The molecule has 6 nitrogen and oxygen atoms in total. The van der Waals surface area contributed by atoms with Gasteiger partial charge in [-0.1, -0.05) is 36.4 Å². The van der Waals surface area contributed by atoms with Crippen molar-refractivity contribution in [3.63, 3.8) is 0 Å². The number of amides is 1. The fourth-order valence-electron chi connectivity index (χ4n) is 3.24. The summed E-state index contributed by atoms with van der Waals surface area (Å²) >= 11 is 0. The van der Waals surface area contributed by atoms with Crippen LogP contribution in [-0.4, -0.2) is 45.9 Å². The van der Waals surface area contributed by atoms with Crippen LogP contribution in [0.4, 0.5) is 4.79 Å². The number of hydrogen-bond donors (Lipinski definition) is 1. The van der Waals surface area contributed by atoms with E-state index >= 15 is 0 Å². The molecule has 28 heavy (non-hydrogen) atoms. The normalized spacial score (nSPS) is 19.9. The number of nitrogens with zero attached hydrogens (tertiary/aromatic N) is 2. The number of pyridine rings is 1. The van der Waals surface area contributed by atoms with E-state index in [0.29, 0.717) is 25.5 Å². The summed E-state index contributed by atoms with van der Waals surface area (Å²) in [7, 11) is 0. The number of piperidine rings is 1. The van der Waals surface area contributed by atoms with Crippen LogP contribution in [-0.2, 0) is 11.3 Å². The van der Waals surface area contributed by atoms with E-state index in [1.165, 1.54) is 0 Å². The van der Waals surface area contributed by atoms with Crippen LogP contribution in [0.1, 0.15) is 44.2 Å². The second-order valence-electron chi connectivity index (χ2n) is 8.09. The molecule has 0 bridgehead atoms. The van der Waals surface area contributed by atoms with Crippen LogP contribution >= 0.6 is 0 Å². The molecule has 0 spiro atoms. The molecule has 150 valence electrons. The number of carbonyl (C=O) groups excluding carboxylic acids is 1. The lowest BCUT2D eigenvalue weighted by Gasteiger charge is -2.36. The number of rotatable bonds is 4. The van der Waals surface area contributed by atoms with Gasteiger partial charge in [-0.05, 0) is 38.3 Å². The molecule has 1 N–H and O–H groups in total. The highest BCUT2D eigenvalue weighted by atomic mass is 16.6. The van der Waals surface area contributed by atoms with Gasteiger partial charge in [-0.3, -0.25) is 0 Å². The van der Waals surface area contributed by atoms with Gasteiger partial charge in [-0.25, -0.2) is 9.78 Å². The van der Waals surface area contributed by atoms with Crippen molar-refractivity contribution in [2.45, 2.75) is 51.4 Å². The molecular formula is C22H28N2O4.